The average molecular weight is 536 g/mol. The minimum absolute atomic E-state index is 0.0885. The molecule has 3 heterocycles. The van der Waals surface area contributed by atoms with E-state index in [-0.39, 0.29) is 18.7 Å². The zero-order valence-electron chi connectivity index (χ0n) is 20.9. The number of carbonyl (C=O) groups excluding carboxylic acids is 3. The summed E-state index contributed by atoms with van der Waals surface area (Å²) in [6.45, 7) is 3.99. The van der Waals surface area contributed by atoms with Gasteiger partial charge in [0.1, 0.15) is 18.1 Å². The molecule has 11 heteroatoms. The summed E-state index contributed by atoms with van der Waals surface area (Å²) in [6.07, 6.45) is 1.42. The van der Waals surface area contributed by atoms with Gasteiger partial charge in [0, 0.05) is 35.6 Å². The lowest BCUT2D eigenvalue weighted by molar-refractivity contribution is -0.194. The van der Waals surface area contributed by atoms with E-state index < -0.39 is 60.2 Å². The maximum absolute atomic E-state index is 15.0. The van der Waals surface area contributed by atoms with Crippen molar-refractivity contribution in [3.05, 3.63) is 28.8 Å². The molecule has 3 N–H and O–H groups in total. The van der Waals surface area contributed by atoms with Crippen molar-refractivity contribution in [3.8, 4) is 6.07 Å². The second-order valence-electron chi connectivity index (χ2n) is 10.3. The van der Waals surface area contributed by atoms with Gasteiger partial charge >= 0.3 is 0 Å². The number of alkyl halides is 2. The van der Waals surface area contributed by atoms with Gasteiger partial charge in [-0.15, -0.1) is 0 Å². The van der Waals surface area contributed by atoms with Crippen molar-refractivity contribution in [1.82, 2.24) is 15.5 Å². The highest BCUT2D eigenvalue weighted by molar-refractivity contribution is 6.31. The highest BCUT2D eigenvalue weighted by atomic mass is 35.5. The Morgan fingerprint density at radius 3 is 2.76 bits per heavy atom. The van der Waals surface area contributed by atoms with Gasteiger partial charge in [0.05, 0.1) is 12.0 Å². The Balaban J connectivity index is 1.54. The molecule has 0 spiro atoms. The maximum Gasteiger partial charge on any atom is 0.255 e. The lowest BCUT2D eigenvalue weighted by Crippen LogP contribution is -2.70. The van der Waals surface area contributed by atoms with Crippen LogP contribution < -0.4 is 16.0 Å². The highest BCUT2D eigenvalue weighted by Crippen LogP contribution is 2.49. The van der Waals surface area contributed by atoms with E-state index in [4.69, 9.17) is 11.6 Å². The summed E-state index contributed by atoms with van der Waals surface area (Å²) in [6, 6.07) is 3.18. The molecule has 1 aromatic carbocycles. The lowest BCUT2D eigenvalue weighted by atomic mass is 9.71. The molecule has 1 aliphatic carbocycles. The van der Waals surface area contributed by atoms with Gasteiger partial charge in [-0.2, -0.15) is 5.26 Å². The smallest absolute Gasteiger partial charge is 0.255 e. The summed E-state index contributed by atoms with van der Waals surface area (Å²) in [5.41, 5.74) is 1.38. The fourth-order valence-corrected chi connectivity index (χ4v) is 6.03. The predicted molar refractivity (Wildman–Crippen MR) is 134 cm³/mol. The first-order valence-electron chi connectivity index (χ1n) is 12.7. The Labute approximate surface area is 220 Å². The molecular weight excluding hydrogens is 504 g/mol. The number of piperidine rings is 3. The summed E-state index contributed by atoms with van der Waals surface area (Å²) < 4.78 is 29.9. The van der Waals surface area contributed by atoms with Gasteiger partial charge in [-0.05, 0) is 63.6 Å². The Kier molecular flexibility index (Phi) is 7.93. The zero-order valence-corrected chi connectivity index (χ0v) is 21.7. The number of carbonyl (C=O) groups is 3. The lowest BCUT2D eigenvalue weighted by Gasteiger charge is -2.54. The summed E-state index contributed by atoms with van der Waals surface area (Å²) in [5, 5.41) is 18.6. The van der Waals surface area contributed by atoms with E-state index in [0.717, 1.165) is 12.0 Å². The van der Waals surface area contributed by atoms with E-state index >= 15 is 0 Å². The Morgan fingerprint density at radius 2 is 2.08 bits per heavy atom. The first-order chi connectivity index (χ1) is 17.5. The molecule has 6 atom stereocenters. The molecule has 5 rings (SSSR count). The van der Waals surface area contributed by atoms with Crippen LogP contribution >= 0.6 is 11.6 Å². The molecule has 3 aliphatic heterocycles. The Morgan fingerprint density at radius 1 is 1.32 bits per heavy atom. The number of nitriles is 1. The van der Waals surface area contributed by atoms with E-state index in [1.54, 1.807) is 32.0 Å². The van der Waals surface area contributed by atoms with E-state index in [2.05, 4.69) is 16.0 Å². The van der Waals surface area contributed by atoms with Crippen molar-refractivity contribution >= 4 is 35.0 Å². The second-order valence-corrected chi connectivity index (χ2v) is 10.7. The molecule has 0 radical (unpaired) electrons. The number of nitrogens with one attached hydrogen (secondary N) is 3. The monoisotopic (exact) mass is 535 g/mol. The SMILES string of the molecule is Cc1c(Cl)cccc1N[C@@H](C)C(=O)N1[C@H]2CC[C@@H]([C@H]1C(=O)N[C@H](C#N)C[C@@H]1CCCNC1=O)C(F)(F)C2. The van der Waals surface area contributed by atoms with Gasteiger partial charge in [0.2, 0.25) is 17.7 Å². The molecule has 1 aromatic rings. The maximum atomic E-state index is 15.0. The molecule has 200 valence electrons. The van der Waals surface area contributed by atoms with Crippen LogP contribution in [0.2, 0.25) is 5.02 Å². The third-order valence-corrected chi connectivity index (χ3v) is 8.27. The van der Waals surface area contributed by atoms with E-state index in [0.29, 0.717) is 30.1 Å². The summed E-state index contributed by atoms with van der Waals surface area (Å²) in [5.74, 6) is -6.32. The second kappa shape index (κ2) is 10.8. The zero-order chi connectivity index (χ0) is 26.9. The Bertz CT molecular complexity index is 1110. The number of benzene rings is 1. The number of fused-ring (bicyclic) bond motifs is 3. The van der Waals surface area contributed by atoms with Crippen molar-refractivity contribution in [2.45, 2.75) is 82.5 Å². The highest BCUT2D eigenvalue weighted by Gasteiger charge is 2.60. The van der Waals surface area contributed by atoms with Crippen LogP contribution in [0.4, 0.5) is 14.5 Å². The fraction of sp³-hybridized carbons (Fsp3) is 0.615. The molecule has 1 saturated carbocycles. The molecular formula is C26H32ClF2N5O3. The molecule has 0 unspecified atom stereocenters. The largest absolute Gasteiger partial charge is 0.374 e. The molecule has 8 nitrogen and oxygen atoms in total. The first-order valence-corrected chi connectivity index (χ1v) is 13.1. The van der Waals surface area contributed by atoms with Gasteiger partial charge in [-0.3, -0.25) is 14.4 Å². The number of amides is 3. The van der Waals surface area contributed by atoms with Crippen molar-refractivity contribution in [1.29, 1.82) is 5.26 Å². The molecule has 4 aliphatic rings. The summed E-state index contributed by atoms with van der Waals surface area (Å²) in [4.78, 5) is 40.5. The van der Waals surface area contributed by atoms with Crippen molar-refractivity contribution in [2.24, 2.45) is 11.8 Å². The number of hydrogen-bond donors (Lipinski definition) is 3. The van der Waals surface area contributed by atoms with E-state index in [1.807, 2.05) is 6.07 Å². The predicted octanol–water partition coefficient (Wildman–Crippen LogP) is 3.39. The molecule has 37 heavy (non-hydrogen) atoms. The van der Waals surface area contributed by atoms with Gasteiger partial charge in [-0.25, -0.2) is 8.78 Å². The summed E-state index contributed by atoms with van der Waals surface area (Å²) >= 11 is 6.19. The molecule has 2 bridgehead atoms. The van der Waals surface area contributed by atoms with Gasteiger partial charge in [-0.1, -0.05) is 17.7 Å². The third kappa shape index (κ3) is 5.52. The van der Waals surface area contributed by atoms with Crippen LogP contribution in [0.25, 0.3) is 0 Å². The van der Waals surface area contributed by atoms with Crippen LogP contribution in [-0.2, 0) is 14.4 Å². The number of rotatable bonds is 7. The van der Waals surface area contributed by atoms with Crippen LogP contribution in [0.3, 0.4) is 0 Å². The van der Waals surface area contributed by atoms with Gasteiger partial charge < -0.3 is 20.9 Å². The van der Waals surface area contributed by atoms with Crippen LogP contribution in [0.15, 0.2) is 18.2 Å². The third-order valence-electron chi connectivity index (χ3n) is 7.86. The molecule has 3 amide bonds. The molecule has 3 saturated heterocycles. The van der Waals surface area contributed by atoms with Crippen LogP contribution in [0.5, 0.6) is 0 Å². The molecule has 4 fully saturated rings. The normalized spacial score (nSPS) is 28.0. The Hall–Kier alpha value is -2.93. The van der Waals surface area contributed by atoms with Crippen LogP contribution in [0.1, 0.15) is 51.0 Å². The quantitative estimate of drug-likeness (QED) is 0.495. The van der Waals surface area contributed by atoms with E-state index in [1.165, 1.54) is 4.90 Å². The van der Waals surface area contributed by atoms with Crippen molar-refractivity contribution in [2.75, 3.05) is 11.9 Å². The fourth-order valence-electron chi connectivity index (χ4n) is 5.85. The summed E-state index contributed by atoms with van der Waals surface area (Å²) in [7, 11) is 0. The number of nitrogens with zero attached hydrogens (tertiary/aromatic N) is 2. The number of halogens is 3. The van der Waals surface area contributed by atoms with Crippen molar-refractivity contribution in [3.63, 3.8) is 0 Å². The van der Waals surface area contributed by atoms with Crippen LogP contribution in [-0.4, -0.2) is 59.3 Å². The minimum Gasteiger partial charge on any atom is -0.374 e. The van der Waals surface area contributed by atoms with Crippen LogP contribution in [0, 0.1) is 30.1 Å². The first kappa shape index (κ1) is 27.1. The van der Waals surface area contributed by atoms with Gasteiger partial charge in [0.15, 0.2) is 0 Å². The van der Waals surface area contributed by atoms with Gasteiger partial charge in [0.25, 0.3) is 5.92 Å². The average Bonchev–Trinajstić information content (AvgIpc) is 2.86. The standard InChI is InChI=1S/C26H32ClF2N5O3/c1-14-20(27)6-3-7-21(14)32-15(2)25(37)34-18-8-9-19(26(28,29)12-18)22(34)24(36)33-17(13-30)11-16-5-4-10-31-23(16)35/h3,6-7,15-19,22,32H,4-5,8-12H2,1-2H3,(H,31,35)(H,33,36)/t15-,16-,17-,18-,19-,22-/m0/s1. The van der Waals surface area contributed by atoms with E-state index in [9.17, 15) is 28.4 Å². The topological polar surface area (TPSA) is 114 Å². The minimum atomic E-state index is -3.10. The number of hydrogen-bond acceptors (Lipinski definition) is 5. The number of anilines is 1. The molecule has 0 aromatic heterocycles. The van der Waals surface area contributed by atoms with Crippen molar-refractivity contribution < 1.29 is 23.2 Å².